The predicted octanol–water partition coefficient (Wildman–Crippen LogP) is 1.96. The van der Waals surface area contributed by atoms with Crippen LogP contribution in [0.1, 0.15) is 23.2 Å². The van der Waals surface area contributed by atoms with Gasteiger partial charge in [-0.1, -0.05) is 11.6 Å². The Bertz CT molecular complexity index is 635. The summed E-state index contributed by atoms with van der Waals surface area (Å²) in [6.45, 7) is 6.75. The van der Waals surface area contributed by atoms with E-state index in [9.17, 15) is 10.2 Å². The van der Waals surface area contributed by atoms with Gasteiger partial charge >= 0.3 is 0 Å². The normalized spacial score (nSPS) is 23.8. The van der Waals surface area contributed by atoms with Gasteiger partial charge in [0.25, 0.3) is 0 Å². The van der Waals surface area contributed by atoms with Crippen LogP contribution in [0.15, 0.2) is 18.2 Å². The first kappa shape index (κ1) is 14.6. The highest BCUT2D eigenvalue weighted by Gasteiger charge is 2.27. The minimum atomic E-state index is -0.421. The molecule has 0 unspecified atom stereocenters. The van der Waals surface area contributed by atoms with Crippen LogP contribution in [-0.2, 0) is 6.54 Å². The second kappa shape index (κ2) is 5.79. The van der Waals surface area contributed by atoms with E-state index in [1.54, 1.807) is 0 Å². The van der Waals surface area contributed by atoms with Gasteiger partial charge in [-0.05, 0) is 44.5 Å². The minimum absolute atomic E-state index is 0.0349. The van der Waals surface area contributed by atoms with E-state index in [0.29, 0.717) is 6.54 Å². The molecule has 1 aliphatic heterocycles. The molecular weight excluding hydrogens is 264 g/mol. The van der Waals surface area contributed by atoms with Crippen molar-refractivity contribution < 1.29 is 10.2 Å². The fourth-order valence-electron chi connectivity index (χ4n) is 3.28. The van der Waals surface area contributed by atoms with Crippen LogP contribution in [0, 0.1) is 19.8 Å². The van der Waals surface area contributed by atoms with Crippen molar-refractivity contribution in [1.82, 2.24) is 9.88 Å². The summed E-state index contributed by atoms with van der Waals surface area (Å²) in [6.07, 6.45) is 0.437. The number of rotatable bonds is 3. The highest BCUT2D eigenvalue weighted by atomic mass is 16.3. The lowest BCUT2D eigenvalue weighted by atomic mass is 9.94. The summed E-state index contributed by atoms with van der Waals surface area (Å²) in [7, 11) is 0. The number of likely N-dealkylation sites (tertiary alicyclic amines) is 1. The molecule has 3 rings (SSSR count). The van der Waals surface area contributed by atoms with E-state index >= 15 is 0 Å². The van der Waals surface area contributed by atoms with Gasteiger partial charge in [0.1, 0.15) is 0 Å². The van der Waals surface area contributed by atoms with Gasteiger partial charge in [-0.15, -0.1) is 0 Å². The first-order chi connectivity index (χ1) is 10.1. The maximum absolute atomic E-state index is 10.1. The molecule has 2 aromatic rings. The number of benzene rings is 1. The third-order valence-corrected chi connectivity index (χ3v) is 4.74. The van der Waals surface area contributed by atoms with E-state index in [-0.39, 0.29) is 12.5 Å². The van der Waals surface area contributed by atoms with Crippen molar-refractivity contribution in [2.45, 2.75) is 32.9 Å². The summed E-state index contributed by atoms with van der Waals surface area (Å²) in [5.41, 5.74) is 4.98. The maximum Gasteiger partial charge on any atom is 0.0717 e. The van der Waals surface area contributed by atoms with Crippen LogP contribution in [0.3, 0.4) is 0 Å². The Hall–Kier alpha value is -1.36. The first-order valence-electron chi connectivity index (χ1n) is 7.67. The molecule has 1 aliphatic rings. The zero-order chi connectivity index (χ0) is 15.0. The molecule has 4 heteroatoms. The standard InChI is InChI=1S/C17H24N2O2/c1-11-3-4-15-14(7-11)12(2)16(18-15)8-19-6-5-13(10-20)17(21)9-19/h3-4,7,13,17-18,20-21H,5-6,8-10H2,1-2H3/t13-,17-/m1/s1. The fraction of sp³-hybridized carbons (Fsp3) is 0.529. The molecule has 1 fully saturated rings. The van der Waals surface area contributed by atoms with Crippen molar-refractivity contribution in [1.29, 1.82) is 0 Å². The van der Waals surface area contributed by atoms with Crippen molar-refractivity contribution in [3.63, 3.8) is 0 Å². The van der Waals surface area contributed by atoms with Crippen LogP contribution in [0.2, 0.25) is 0 Å². The van der Waals surface area contributed by atoms with Crippen molar-refractivity contribution in [3.05, 3.63) is 35.0 Å². The van der Waals surface area contributed by atoms with Crippen LogP contribution in [0.4, 0.5) is 0 Å². The van der Waals surface area contributed by atoms with Gasteiger partial charge in [0, 0.05) is 42.2 Å². The molecule has 21 heavy (non-hydrogen) atoms. The zero-order valence-corrected chi connectivity index (χ0v) is 12.8. The van der Waals surface area contributed by atoms with Crippen molar-refractivity contribution in [2.24, 2.45) is 5.92 Å². The summed E-state index contributed by atoms with van der Waals surface area (Å²) in [5, 5.41) is 20.6. The highest BCUT2D eigenvalue weighted by Crippen LogP contribution is 2.25. The first-order valence-corrected chi connectivity index (χ1v) is 7.67. The summed E-state index contributed by atoms with van der Waals surface area (Å²) in [6, 6.07) is 6.48. The lowest BCUT2D eigenvalue weighted by Gasteiger charge is -2.34. The van der Waals surface area contributed by atoms with E-state index in [1.165, 1.54) is 27.7 Å². The molecule has 2 heterocycles. The number of piperidine rings is 1. The van der Waals surface area contributed by atoms with Gasteiger partial charge in [0.2, 0.25) is 0 Å². The Balaban J connectivity index is 1.78. The summed E-state index contributed by atoms with van der Waals surface area (Å²) >= 11 is 0. The van der Waals surface area contributed by atoms with Gasteiger partial charge in [-0.25, -0.2) is 0 Å². The number of aliphatic hydroxyl groups is 2. The Labute approximate surface area is 125 Å². The topological polar surface area (TPSA) is 59.5 Å². The Kier molecular flexibility index (Phi) is 4.02. The van der Waals surface area contributed by atoms with Gasteiger partial charge in [-0.2, -0.15) is 0 Å². The molecule has 0 spiro atoms. The average Bonchev–Trinajstić information content (AvgIpc) is 2.76. The Morgan fingerprint density at radius 3 is 2.86 bits per heavy atom. The smallest absolute Gasteiger partial charge is 0.0717 e. The minimum Gasteiger partial charge on any atom is -0.396 e. The number of aryl methyl sites for hydroxylation is 2. The van der Waals surface area contributed by atoms with Crippen LogP contribution in [-0.4, -0.2) is 45.9 Å². The largest absolute Gasteiger partial charge is 0.396 e. The zero-order valence-electron chi connectivity index (χ0n) is 12.8. The number of β-amino-alcohol motifs (C(OH)–C–C–N with tert-alkyl or cyclic N) is 1. The number of nitrogens with zero attached hydrogens (tertiary/aromatic N) is 1. The lowest BCUT2D eigenvalue weighted by Crippen LogP contribution is -2.44. The predicted molar refractivity (Wildman–Crippen MR) is 84.2 cm³/mol. The monoisotopic (exact) mass is 288 g/mol. The maximum atomic E-state index is 10.1. The fourth-order valence-corrected chi connectivity index (χ4v) is 3.28. The number of aromatic nitrogens is 1. The second-order valence-corrected chi connectivity index (χ2v) is 6.31. The average molecular weight is 288 g/mol. The second-order valence-electron chi connectivity index (χ2n) is 6.31. The molecule has 4 nitrogen and oxygen atoms in total. The molecule has 0 amide bonds. The molecule has 1 saturated heterocycles. The number of hydrogen-bond acceptors (Lipinski definition) is 3. The van der Waals surface area contributed by atoms with Crippen molar-refractivity contribution >= 4 is 10.9 Å². The van der Waals surface area contributed by atoms with E-state index in [4.69, 9.17) is 0 Å². The molecule has 1 aromatic heterocycles. The molecule has 0 radical (unpaired) electrons. The van der Waals surface area contributed by atoms with Crippen molar-refractivity contribution in [3.8, 4) is 0 Å². The van der Waals surface area contributed by atoms with Crippen LogP contribution >= 0.6 is 0 Å². The van der Waals surface area contributed by atoms with Gasteiger partial charge in [0.05, 0.1) is 6.10 Å². The molecule has 0 saturated carbocycles. The van der Waals surface area contributed by atoms with E-state index in [1.807, 2.05) is 0 Å². The molecule has 2 atom stereocenters. The summed E-state index contributed by atoms with van der Waals surface area (Å²) in [5.74, 6) is 0.0349. The molecule has 1 aromatic carbocycles. The van der Waals surface area contributed by atoms with E-state index < -0.39 is 6.10 Å². The van der Waals surface area contributed by atoms with Gasteiger partial charge in [-0.3, -0.25) is 4.90 Å². The summed E-state index contributed by atoms with van der Waals surface area (Å²) in [4.78, 5) is 5.77. The number of hydrogen-bond donors (Lipinski definition) is 3. The lowest BCUT2D eigenvalue weighted by molar-refractivity contribution is -0.00478. The van der Waals surface area contributed by atoms with Gasteiger partial charge in [0.15, 0.2) is 0 Å². The third kappa shape index (κ3) is 2.84. The number of nitrogens with one attached hydrogen (secondary N) is 1. The molecule has 114 valence electrons. The summed E-state index contributed by atoms with van der Waals surface area (Å²) < 4.78 is 0. The Morgan fingerprint density at radius 1 is 1.33 bits per heavy atom. The molecular formula is C17H24N2O2. The quantitative estimate of drug-likeness (QED) is 0.809. The molecule has 0 bridgehead atoms. The SMILES string of the molecule is Cc1ccc2[nH]c(CN3CC[C@H](CO)[C@H](O)C3)c(C)c2c1. The molecule has 3 N–H and O–H groups in total. The third-order valence-electron chi connectivity index (χ3n) is 4.74. The number of aliphatic hydroxyl groups excluding tert-OH is 2. The number of aromatic amines is 1. The van der Waals surface area contributed by atoms with E-state index in [0.717, 1.165) is 19.5 Å². The van der Waals surface area contributed by atoms with E-state index in [2.05, 4.69) is 41.9 Å². The van der Waals surface area contributed by atoms with Crippen LogP contribution in [0.25, 0.3) is 10.9 Å². The van der Waals surface area contributed by atoms with Crippen LogP contribution in [0.5, 0.6) is 0 Å². The van der Waals surface area contributed by atoms with Gasteiger partial charge < -0.3 is 15.2 Å². The van der Waals surface area contributed by atoms with Crippen molar-refractivity contribution in [2.75, 3.05) is 19.7 Å². The Morgan fingerprint density at radius 2 is 2.14 bits per heavy atom. The number of fused-ring (bicyclic) bond motifs is 1. The highest BCUT2D eigenvalue weighted by molar-refractivity contribution is 5.85. The molecule has 0 aliphatic carbocycles. The van der Waals surface area contributed by atoms with Crippen LogP contribution < -0.4 is 0 Å². The number of H-pyrrole nitrogens is 1.